The van der Waals surface area contributed by atoms with E-state index in [2.05, 4.69) is 0 Å². The first-order valence-electron chi connectivity index (χ1n) is 5.13. The van der Waals surface area contributed by atoms with Crippen molar-refractivity contribution in [2.24, 2.45) is 5.41 Å². The maximum absolute atomic E-state index is 12.0. The largest absolute Gasteiger partial charge is 0.481 e. The summed E-state index contributed by atoms with van der Waals surface area (Å²) in [6.45, 7) is 0.498. The van der Waals surface area contributed by atoms with Crippen LogP contribution in [0, 0.1) is 5.41 Å². The number of Topliss-reactive ketones (excluding diaryl/α,β-unsaturated/α-hetero) is 1. The van der Waals surface area contributed by atoms with Gasteiger partial charge in [-0.1, -0.05) is 11.6 Å². The standard InChI is InChI=1S/C11H11ClO4S/c12-9-2-1-8(17-9)7(13)5-11(10(14)15)3-4-16-6-11/h1-2H,3-6H2,(H,14,15)/t11-/m0/s1. The quantitative estimate of drug-likeness (QED) is 0.857. The zero-order chi connectivity index (χ0) is 12.5. The summed E-state index contributed by atoms with van der Waals surface area (Å²) in [5, 5.41) is 9.21. The zero-order valence-electron chi connectivity index (χ0n) is 8.94. The Morgan fingerprint density at radius 3 is 2.76 bits per heavy atom. The molecule has 1 aliphatic rings. The van der Waals surface area contributed by atoms with Crippen LogP contribution in [0.4, 0.5) is 0 Å². The number of ketones is 1. The topological polar surface area (TPSA) is 63.6 Å². The number of hydrogen-bond donors (Lipinski definition) is 1. The van der Waals surface area contributed by atoms with E-state index < -0.39 is 11.4 Å². The minimum absolute atomic E-state index is 0.0286. The summed E-state index contributed by atoms with van der Waals surface area (Å²) >= 11 is 6.92. The molecule has 0 spiro atoms. The Labute approximate surface area is 107 Å². The van der Waals surface area contributed by atoms with Crippen molar-refractivity contribution in [1.82, 2.24) is 0 Å². The fourth-order valence-electron chi connectivity index (χ4n) is 1.85. The van der Waals surface area contributed by atoms with Gasteiger partial charge in [0.05, 0.1) is 15.8 Å². The highest BCUT2D eigenvalue weighted by molar-refractivity contribution is 7.18. The van der Waals surface area contributed by atoms with Crippen LogP contribution < -0.4 is 0 Å². The summed E-state index contributed by atoms with van der Waals surface area (Å²) < 4.78 is 5.64. The highest BCUT2D eigenvalue weighted by atomic mass is 35.5. The second kappa shape index (κ2) is 4.76. The molecule has 2 heterocycles. The summed E-state index contributed by atoms with van der Waals surface area (Å²) in [7, 11) is 0. The van der Waals surface area contributed by atoms with Gasteiger partial charge >= 0.3 is 5.97 Å². The summed E-state index contributed by atoms with van der Waals surface area (Å²) in [5.41, 5.74) is -1.06. The van der Waals surface area contributed by atoms with E-state index in [9.17, 15) is 14.7 Å². The number of thiophene rings is 1. The first kappa shape index (κ1) is 12.5. The number of carboxylic acid groups (broad SMARTS) is 1. The zero-order valence-corrected chi connectivity index (χ0v) is 10.5. The predicted molar refractivity (Wildman–Crippen MR) is 63.8 cm³/mol. The Morgan fingerprint density at radius 1 is 1.53 bits per heavy atom. The van der Waals surface area contributed by atoms with E-state index in [1.165, 1.54) is 11.3 Å². The van der Waals surface area contributed by atoms with Gasteiger partial charge in [-0.15, -0.1) is 11.3 Å². The van der Waals surface area contributed by atoms with Gasteiger partial charge < -0.3 is 9.84 Å². The normalized spacial score (nSPS) is 23.8. The van der Waals surface area contributed by atoms with Crippen LogP contribution in [0.1, 0.15) is 22.5 Å². The number of carbonyl (C=O) groups excluding carboxylic acids is 1. The lowest BCUT2D eigenvalue weighted by molar-refractivity contribution is -0.148. The lowest BCUT2D eigenvalue weighted by Gasteiger charge is -2.20. The number of rotatable bonds is 4. The third-order valence-electron chi connectivity index (χ3n) is 2.90. The summed E-state index contributed by atoms with van der Waals surface area (Å²) in [6.07, 6.45) is 0.354. The smallest absolute Gasteiger partial charge is 0.312 e. The molecule has 0 saturated carbocycles. The van der Waals surface area contributed by atoms with Gasteiger partial charge in [0.1, 0.15) is 5.41 Å². The molecule has 1 fully saturated rings. The number of carboxylic acids is 1. The first-order valence-corrected chi connectivity index (χ1v) is 6.33. The lowest BCUT2D eigenvalue weighted by atomic mass is 9.82. The summed E-state index contributed by atoms with van der Waals surface area (Å²) in [6, 6.07) is 3.26. The molecule has 1 aromatic heterocycles. The Morgan fingerprint density at radius 2 is 2.29 bits per heavy atom. The van der Waals surface area contributed by atoms with Crippen molar-refractivity contribution in [3.63, 3.8) is 0 Å². The van der Waals surface area contributed by atoms with Crippen LogP contribution in [0.25, 0.3) is 0 Å². The third kappa shape index (κ3) is 2.51. The highest BCUT2D eigenvalue weighted by Crippen LogP contribution is 2.35. The number of hydrogen-bond acceptors (Lipinski definition) is 4. The Hall–Kier alpha value is -0.910. The number of ether oxygens (including phenoxy) is 1. The molecule has 17 heavy (non-hydrogen) atoms. The van der Waals surface area contributed by atoms with Crippen molar-refractivity contribution in [3.05, 3.63) is 21.3 Å². The highest BCUT2D eigenvalue weighted by Gasteiger charge is 2.44. The average molecular weight is 275 g/mol. The number of carbonyl (C=O) groups is 2. The molecule has 0 amide bonds. The molecule has 0 unspecified atom stereocenters. The van der Waals surface area contributed by atoms with E-state index in [1.54, 1.807) is 12.1 Å². The maximum atomic E-state index is 12.0. The van der Waals surface area contributed by atoms with Crippen LogP contribution in [-0.4, -0.2) is 30.1 Å². The van der Waals surface area contributed by atoms with Gasteiger partial charge in [-0.2, -0.15) is 0 Å². The molecule has 1 aliphatic heterocycles. The second-order valence-corrected chi connectivity index (χ2v) is 5.81. The van der Waals surface area contributed by atoms with E-state index >= 15 is 0 Å². The monoisotopic (exact) mass is 274 g/mol. The molecule has 0 aliphatic carbocycles. The molecule has 0 radical (unpaired) electrons. The molecule has 4 nitrogen and oxygen atoms in total. The van der Waals surface area contributed by atoms with Gasteiger partial charge in [0.2, 0.25) is 0 Å². The van der Waals surface area contributed by atoms with Crippen LogP contribution in [-0.2, 0) is 9.53 Å². The van der Waals surface area contributed by atoms with Crippen molar-refractivity contribution in [2.75, 3.05) is 13.2 Å². The average Bonchev–Trinajstić information content (AvgIpc) is 2.87. The predicted octanol–water partition coefficient (Wildman–Crippen LogP) is 2.47. The van der Waals surface area contributed by atoms with E-state index in [1.807, 2.05) is 0 Å². The van der Waals surface area contributed by atoms with Crippen molar-refractivity contribution in [2.45, 2.75) is 12.8 Å². The minimum atomic E-state index is -1.06. The van der Waals surface area contributed by atoms with Crippen LogP contribution >= 0.6 is 22.9 Å². The molecule has 0 aromatic carbocycles. The summed E-state index contributed by atoms with van der Waals surface area (Å²) in [5.74, 6) is -1.15. The fourth-order valence-corrected chi connectivity index (χ4v) is 2.83. The molecular weight excluding hydrogens is 264 g/mol. The van der Waals surface area contributed by atoms with Crippen molar-refractivity contribution >= 4 is 34.7 Å². The second-order valence-electron chi connectivity index (χ2n) is 4.09. The molecule has 2 rings (SSSR count). The molecular formula is C11H11ClO4S. The molecule has 1 atom stereocenters. The van der Waals surface area contributed by atoms with Gasteiger partial charge in [-0.3, -0.25) is 9.59 Å². The summed E-state index contributed by atoms with van der Waals surface area (Å²) in [4.78, 5) is 23.7. The van der Waals surface area contributed by atoms with E-state index in [-0.39, 0.29) is 18.8 Å². The van der Waals surface area contributed by atoms with Gasteiger partial charge in [0.25, 0.3) is 0 Å². The minimum Gasteiger partial charge on any atom is -0.481 e. The van der Waals surface area contributed by atoms with Gasteiger partial charge in [0, 0.05) is 13.0 Å². The Balaban J connectivity index is 2.14. The van der Waals surface area contributed by atoms with Crippen molar-refractivity contribution < 1.29 is 19.4 Å². The van der Waals surface area contributed by atoms with Gasteiger partial charge in [-0.05, 0) is 18.6 Å². The SMILES string of the molecule is O=C(C[C@@]1(C(=O)O)CCOC1)c1ccc(Cl)s1. The maximum Gasteiger partial charge on any atom is 0.312 e. The first-order chi connectivity index (χ1) is 8.03. The van der Waals surface area contributed by atoms with Crippen molar-refractivity contribution in [3.8, 4) is 0 Å². The molecule has 0 bridgehead atoms. The van der Waals surface area contributed by atoms with Crippen molar-refractivity contribution in [1.29, 1.82) is 0 Å². The number of aliphatic carboxylic acids is 1. The fraction of sp³-hybridized carbons (Fsp3) is 0.455. The Bertz CT molecular complexity index is 448. The van der Waals surface area contributed by atoms with E-state index in [0.717, 1.165) is 0 Å². The van der Waals surface area contributed by atoms with Crippen LogP contribution in [0.2, 0.25) is 4.34 Å². The number of halogens is 1. The van der Waals surface area contributed by atoms with Gasteiger partial charge in [0.15, 0.2) is 5.78 Å². The van der Waals surface area contributed by atoms with Gasteiger partial charge in [-0.25, -0.2) is 0 Å². The van der Waals surface area contributed by atoms with Crippen LogP contribution in [0.3, 0.4) is 0 Å². The molecule has 1 saturated heterocycles. The lowest BCUT2D eigenvalue weighted by Crippen LogP contribution is -2.33. The molecule has 6 heteroatoms. The van der Waals surface area contributed by atoms with Crippen LogP contribution in [0.5, 0.6) is 0 Å². The third-order valence-corrected chi connectivity index (χ3v) is 4.18. The van der Waals surface area contributed by atoms with E-state index in [0.29, 0.717) is 22.2 Å². The van der Waals surface area contributed by atoms with E-state index in [4.69, 9.17) is 16.3 Å². The molecule has 92 valence electrons. The molecule has 1 N–H and O–H groups in total. The van der Waals surface area contributed by atoms with Crippen LogP contribution in [0.15, 0.2) is 12.1 Å². The molecule has 1 aromatic rings. The Kier molecular flexibility index (Phi) is 3.51.